The van der Waals surface area contributed by atoms with Gasteiger partial charge in [0.05, 0.1) is 35.9 Å². The van der Waals surface area contributed by atoms with Gasteiger partial charge in [-0.25, -0.2) is 0 Å². The quantitative estimate of drug-likeness (QED) is 0.136. The Morgan fingerprint density at radius 1 is 0.824 bits per heavy atom. The van der Waals surface area contributed by atoms with Crippen LogP contribution in [0.25, 0.3) is 0 Å². The minimum atomic E-state index is -5.10. The van der Waals surface area contributed by atoms with Crippen molar-refractivity contribution in [2.75, 3.05) is 18.6 Å². The predicted molar refractivity (Wildman–Crippen MR) is 175 cm³/mol. The second kappa shape index (κ2) is 15.4. The van der Waals surface area contributed by atoms with Gasteiger partial charge in [0.2, 0.25) is 0 Å². The molecular formula is C34H44F9N5O2Si. The van der Waals surface area contributed by atoms with Gasteiger partial charge >= 0.3 is 18.5 Å². The lowest BCUT2D eigenvalue weighted by molar-refractivity contribution is -0.143. The number of halogens is 9. The molecule has 0 amide bonds. The van der Waals surface area contributed by atoms with Crippen LogP contribution in [-0.2, 0) is 47.3 Å². The van der Waals surface area contributed by atoms with Gasteiger partial charge in [-0.05, 0) is 89.1 Å². The van der Waals surface area contributed by atoms with Gasteiger partial charge in [-0.3, -0.25) is 0 Å². The third-order valence-electron chi connectivity index (χ3n) is 9.78. The number of tetrazole rings is 1. The van der Waals surface area contributed by atoms with Crippen LogP contribution in [0.5, 0.6) is 0 Å². The summed E-state index contributed by atoms with van der Waals surface area (Å²) < 4.78 is 137. The zero-order chi connectivity index (χ0) is 38.0. The van der Waals surface area contributed by atoms with Gasteiger partial charge in [0.25, 0.3) is 5.95 Å². The average molecular weight is 754 g/mol. The van der Waals surface area contributed by atoms with Crippen LogP contribution in [0.4, 0.5) is 45.5 Å². The van der Waals surface area contributed by atoms with Crippen molar-refractivity contribution in [2.24, 2.45) is 5.92 Å². The number of benzene rings is 2. The Bertz CT molecular complexity index is 1580. The molecule has 1 aliphatic rings. The van der Waals surface area contributed by atoms with Gasteiger partial charge in [-0.2, -0.15) is 44.3 Å². The number of alkyl halides is 9. The van der Waals surface area contributed by atoms with Crippen molar-refractivity contribution in [2.45, 2.75) is 115 Å². The number of anilines is 1. The van der Waals surface area contributed by atoms with Gasteiger partial charge in [-0.1, -0.05) is 51.2 Å². The van der Waals surface area contributed by atoms with Crippen LogP contribution < -0.4 is 4.90 Å². The Morgan fingerprint density at radius 2 is 1.41 bits per heavy atom. The average Bonchev–Trinajstić information content (AvgIpc) is 3.49. The number of hydrogen-bond acceptors (Lipinski definition) is 6. The lowest BCUT2D eigenvalue weighted by Gasteiger charge is -2.36. The minimum absolute atomic E-state index is 0.00889. The normalized spacial score (nSPS) is 16.1. The monoisotopic (exact) mass is 753 g/mol. The highest BCUT2D eigenvalue weighted by atomic mass is 28.4. The molecule has 1 fully saturated rings. The fourth-order valence-electron chi connectivity index (χ4n) is 6.00. The van der Waals surface area contributed by atoms with Gasteiger partial charge in [0.1, 0.15) is 0 Å². The molecular weight excluding hydrogens is 709 g/mol. The van der Waals surface area contributed by atoms with E-state index >= 15 is 0 Å². The van der Waals surface area contributed by atoms with Crippen LogP contribution in [0.3, 0.4) is 0 Å². The van der Waals surface area contributed by atoms with Crippen molar-refractivity contribution in [1.29, 1.82) is 0 Å². The molecule has 3 aromatic rings. The zero-order valence-corrected chi connectivity index (χ0v) is 30.4. The smallest absolute Gasteiger partial charge is 0.415 e. The van der Waals surface area contributed by atoms with Crippen molar-refractivity contribution in [3.63, 3.8) is 0 Å². The summed E-state index contributed by atoms with van der Waals surface area (Å²) in [5.74, 6) is -0.214. The van der Waals surface area contributed by atoms with E-state index in [9.17, 15) is 39.5 Å². The van der Waals surface area contributed by atoms with E-state index in [-0.39, 0.29) is 41.7 Å². The minimum Gasteiger partial charge on any atom is -0.415 e. The lowest BCUT2D eigenvalue weighted by atomic mass is 9.81. The summed E-state index contributed by atoms with van der Waals surface area (Å²) in [5, 5.41) is 12.3. The number of methoxy groups -OCH3 is 1. The topological polar surface area (TPSA) is 65.3 Å². The fourth-order valence-corrected chi connectivity index (χ4v) is 7.03. The highest BCUT2D eigenvalue weighted by molar-refractivity contribution is 6.74. The summed E-state index contributed by atoms with van der Waals surface area (Å²) in [4.78, 5) is 2.40. The van der Waals surface area contributed by atoms with Crippen molar-refractivity contribution < 1.29 is 48.7 Å². The molecule has 4 rings (SSSR count). The maximum absolute atomic E-state index is 14.0. The molecule has 0 N–H and O–H groups in total. The largest absolute Gasteiger partial charge is 0.416 e. The SMILES string of the molecule is COC(c1ccc(C(F)(F)F)cc1CN(Cc1cc(C(F)(F)F)cc(C(F)(F)F)c1)c1nnn(CCO[Si](C)(C)C(C)(C)C)n1)C1CCCCC1. The molecule has 0 bridgehead atoms. The van der Waals surface area contributed by atoms with Crippen LogP contribution in [0.15, 0.2) is 36.4 Å². The van der Waals surface area contributed by atoms with Crippen LogP contribution in [0.2, 0.25) is 18.1 Å². The first kappa shape index (κ1) is 40.6. The first-order valence-electron chi connectivity index (χ1n) is 16.7. The summed E-state index contributed by atoms with van der Waals surface area (Å²) >= 11 is 0. The molecule has 1 saturated carbocycles. The molecule has 0 saturated heterocycles. The highest BCUT2D eigenvalue weighted by Gasteiger charge is 2.39. The Balaban J connectivity index is 1.79. The first-order chi connectivity index (χ1) is 23.5. The van der Waals surface area contributed by atoms with E-state index < -0.39 is 68.3 Å². The molecule has 51 heavy (non-hydrogen) atoms. The molecule has 0 spiro atoms. The van der Waals surface area contributed by atoms with Gasteiger partial charge in [-0.15, -0.1) is 5.10 Å². The van der Waals surface area contributed by atoms with E-state index in [1.165, 1.54) is 22.9 Å². The molecule has 0 aliphatic heterocycles. The van der Waals surface area contributed by atoms with E-state index in [0.717, 1.165) is 44.2 Å². The van der Waals surface area contributed by atoms with Crippen molar-refractivity contribution in [3.05, 3.63) is 69.8 Å². The molecule has 1 aliphatic carbocycles. The van der Waals surface area contributed by atoms with E-state index in [1.807, 2.05) is 13.1 Å². The molecule has 7 nitrogen and oxygen atoms in total. The molecule has 17 heteroatoms. The molecule has 1 heterocycles. The third-order valence-corrected chi connectivity index (χ3v) is 14.3. The molecule has 0 radical (unpaired) electrons. The second-order valence-electron chi connectivity index (χ2n) is 14.5. The lowest BCUT2D eigenvalue weighted by Crippen LogP contribution is -2.41. The summed E-state index contributed by atoms with van der Waals surface area (Å²) in [6.45, 7) is 9.58. The van der Waals surface area contributed by atoms with Gasteiger partial charge in [0.15, 0.2) is 8.32 Å². The maximum Gasteiger partial charge on any atom is 0.416 e. The molecule has 1 aromatic heterocycles. The number of hydrogen-bond donors (Lipinski definition) is 0. The second-order valence-corrected chi connectivity index (χ2v) is 19.3. The first-order valence-corrected chi connectivity index (χ1v) is 19.6. The Labute approximate surface area is 292 Å². The highest BCUT2D eigenvalue weighted by Crippen LogP contribution is 2.41. The zero-order valence-electron chi connectivity index (χ0n) is 29.4. The van der Waals surface area contributed by atoms with E-state index in [0.29, 0.717) is 17.7 Å². The standard InChI is InChI=1S/C34H44F9N5O2Si/c1-31(2,3)51(5,6)50-15-14-48-45-30(44-46-48)47(20-22-16-26(33(38,39)40)19-27(17-22)34(41,42)43)21-24-18-25(32(35,36)37)12-13-28(24)29(49-4)23-10-8-7-9-11-23/h12-13,16-19,23,29H,7-11,14-15,20-21H2,1-6H3. The van der Waals surface area contributed by atoms with Crippen LogP contribution in [0.1, 0.15) is 92.4 Å². The molecule has 2 aromatic carbocycles. The van der Waals surface area contributed by atoms with E-state index in [1.54, 1.807) is 0 Å². The number of aromatic nitrogens is 4. The van der Waals surface area contributed by atoms with Crippen molar-refractivity contribution >= 4 is 14.3 Å². The fraction of sp³-hybridized carbons (Fsp3) is 0.618. The van der Waals surface area contributed by atoms with Crippen molar-refractivity contribution in [1.82, 2.24) is 20.2 Å². The summed E-state index contributed by atoms with van der Waals surface area (Å²) in [5.41, 5.74) is -3.89. The molecule has 284 valence electrons. The van der Waals surface area contributed by atoms with Crippen LogP contribution >= 0.6 is 0 Å². The Hall–Kier alpha value is -3.18. The van der Waals surface area contributed by atoms with Gasteiger partial charge < -0.3 is 14.1 Å². The summed E-state index contributed by atoms with van der Waals surface area (Å²) in [6.07, 6.45) is -11.2. The predicted octanol–water partition coefficient (Wildman–Crippen LogP) is 10.2. The van der Waals surface area contributed by atoms with Crippen LogP contribution in [-0.4, -0.2) is 42.2 Å². The summed E-state index contributed by atoms with van der Waals surface area (Å²) in [7, 11) is -0.704. The third kappa shape index (κ3) is 10.5. The maximum atomic E-state index is 14.0. The molecule has 1 atom stereocenters. The van der Waals surface area contributed by atoms with Crippen molar-refractivity contribution in [3.8, 4) is 0 Å². The Kier molecular flexibility index (Phi) is 12.3. The number of ether oxygens (including phenoxy) is 1. The molecule has 1 unspecified atom stereocenters. The van der Waals surface area contributed by atoms with E-state index in [4.69, 9.17) is 9.16 Å². The Morgan fingerprint density at radius 3 is 1.94 bits per heavy atom. The van der Waals surface area contributed by atoms with Gasteiger partial charge in [0, 0.05) is 20.2 Å². The number of nitrogens with zero attached hydrogens (tertiary/aromatic N) is 5. The van der Waals surface area contributed by atoms with E-state index in [2.05, 4.69) is 36.2 Å². The van der Waals surface area contributed by atoms with Crippen LogP contribution in [0, 0.1) is 5.92 Å². The number of rotatable bonds is 12. The summed E-state index contributed by atoms with van der Waals surface area (Å²) in [6, 6.07) is 4.37.